The maximum atomic E-state index is 5.88. The molecular formula is C15H23NO2. The SMILES string of the molecule is CCNCc1ccccc1OCCC1CCCO1. The summed E-state index contributed by atoms with van der Waals surface area (Å²) in [6, 6.07) is 8.24. The highest BCUT2D eigenvalue weighted by atomic mass is 16.5. The minimum Gasteiger partial charge on any atom is -0.493 e. The van der Waals surface area contributed by atoms with E-state index < -0.39 is 0 Å². The Hall–Kier alpha value is -1.06. The van der Waals surface area contributed by atoms with E-state index in [1.54, 1.807) is 0 Å². The van der Waals surface area contributed by atoms with Gasteiger partial charge in [-0.3, -0.25) is 0 Å². The molecule has 1 aromatic rings. The second-order valence-electron chi connectivity index (χ2n) is 4.66. The van der Waals surface area contributed by atoms with Gasteiger partial charge in [0.05, 0.1) is 12.7 Å². The number of hydrogen-bond donors (Lipinski definition) is 1. The molecule has 1 unspecified atom stereocenters. The Bertz CT molecular complexity index is 348. The van der Waals surface area contributed by atoms with E-state index in [0.717, 1.165) is 38.5 Å². The molecule has 100 valence electrons. The normalized spacial score (nSPS) is 19.1. The fourth-order valence-electron chi connectivity index (χ4n) is 2.22. The molecule has 0 saturated carbocycles. The molecule has 1 heterocycles. The average Bonchev–Trinajstić information content (AvgIpc) is 2.91. The van der Waals surface area contributed by atoms with Crippen LogP contribution < -0.4 is 10.1 Å². The van der Waals surface area contributed by atoms with E-state index in [2.05, 4.69) is 24.4 Å². The van der Waals surface area contributed by atoms with E-state index in [4.69, 9.17) is 9.47 Å². The lowest BCUT2D eigenvalue weighted by atomic mass is 10.2. The Morgan fingerprint density at radius 1 is 1.39 bits per heavy atom. The number of para-hydroxylation sites is 1. The van der Waals surface area contributed by atoms with Gasteiger partial charge in [-0.2, -0.15) is 0 Å². The zero-order valence-corrected chi connectivity index (χ0v) is 11.2. The Balaban J connectivity index is 1.79. The van der Waals surface area contributed by atoms with Crippen LogP contribution in [0.4, 0.5) is 0 Å². The molecule has 18 heavy (non-hydrogen) atoms. The lowest BCUT2D eigenvalue weighted by Gasteiger charge is -2.13. The van der Waals surface area contributed by atoms with Crippen molar-refractivity contribution in [2.24, 2.45) is 0 Å². The molecule has 1 atom stereocenters. The van der Waals surface area contributed by atoms with Gasteiger partial charge < -0.3 is 14.8 Å². The maximum Gasteiger partial charge on any atom is 0.123 e. The van der Waals surface area contributed by atoms with Gasteiger partial charge in [0, 0.05) is 25.1 Å². The van der Waals surface area contributed by atoms with E-state index in [9.17, 15) is 0 Å². The molecular weight excluding hydrogens is 226 g/mol. The highest BCUT2D eigenvalue weighted by molar-refractivity contribution is 5.33. The summed E-state index contributed by atoms with van der Waals surface area (Å²) in [6.07, 6.45) is 3.78. The lowest BCUT2D eigenvalue weighted by molar-refractivity contribution is 0.0902. The van der Waals surface area contributed by atoms with Gasteiger partial charge in [0.2, 0.25) is 0 Å². The zero-order chi connectivity index (χ0) is 12.6. The molecule has 1 fully saturated rings. The number of hydrogen-bond acceptors (Lipinski definition) is 3. The monoisotopic (exact) mass is 249 g/mol. The van der Waals surface area contributed by atoms with Crippen molar-refractivity contribution in [3.05, 3.63) is 29.8 Å². The largest absolute Gasteiger partial charge is 0.493 e. The van der Waals surface area contributed by atoms with Gasteiger partial charge in [-0.25, -0.2) is 0 Å². The number of rotatable bonds is 7. The third-order valence-corrected chi connectivity index (χ3v) is 3.26. The summed E-state index contributed by atoms with van der Waals surface area (Å²) in [4.78, 5) is 0. The van der Waals surface area contributed by atoms with Gasteiger partial charge in [-0.15, -0.1) is 0 Å². The molecule has 0 aromatic heterocycles. The highest BCUT2D eigenvalue weighted by Crippen LogP contribution is 2.20. The summed E-state index contributed by atoms with van der Waals surface area (Å²) in [7, 11) is 0. The van der Waals surface area contributed by atoms with Crippen LogP contribution in [0.25, 0.3) is 0 Å². The molecule has 3 heteroatoms. The van der Waals surface area contributed by atoms with Crippen molar-refractivity contribution in [2.75, 3.05) is 19.8 Å². The molecule has 1 aliphatic heterocycles. The minimum atomic E-state index is 0.408. The summed E-state index contributed by atoms with van der Waals surface area (Å²) in [5.74, 6) is 0.997. The molecule has 1 aliphatic rings. The van der Waals surface area contributed by atoms with Crippen LogP contribution in [-0.2, 0) is 11.3 Å². The maximum absolute atomic E-state index is 5.88. The number of benzene rings is 1. The van der Waals surface area contributed by atoms with Gasteiger partial charge in [0.15, 0.2) is 0 Å². The molecule has 0 spiro atoms. The van der Waals surface area contributed by atoms with Crippen molar-refractivity contribution >= 4 is 0 Å². The molecule has 0 bridgehead atoms. The lowest BCUT2D eigenvalue weighted by Crippen LogP contribution is -2.14. The van der Waals surface area contributed by atoms with Crippen molar-refractivity contribution in [3.63, 3.8) is 0 Å². The first-order valence-electron chi connectivity index (χ1n) is 6.93. The molecule has 3 nitrogen and oxygen atoms in total. The quantitative estimate of drug-likeness (QED) is 0.806. The summed E-state index contributed by atoms with van der Waals surface area (Å²) in [5, 5.41) is 3.33. The second kappa shape index (κ2) is 7.39. The van der Waals surface area contributed by atoms with E-state index in [1.807, 2.05) is 12.1 Å². The standard InChI is InChI=1S/C15H23NO2/c1-2-16-12-13-6-3-4-8-15(13)18-11-9-14-7-5-10-17-14/h3-4,6,8,14,16H,2,5,7,9-12H2,1H3. The number of nitrogens with one attached hydrogen (secondary N) is 1. The van der Waals surface area contributed by atoms with Crippen LogP contribution in [-0.4, -0.2) is 25.9 Å². The molecule has 1 saturated heterocycles. The van der Waals surface area contributed by atoms with E-state index in [1.165, 1.54) is 18.4 Å². The summed E-state index contributed by atoms with van der Waals surface area (Å²) < 4.78 is 11.5. The van der Waals surface area contributed by atoms with Crippen LogP contribution in [0.15, 0.2) is 24.3 Å². The van der Waals surface area contributed by atoms with Crippen LogP contribution in [0.2, 0.25) is 0 Å². The van der Waals surface area contributed by atoms with Gasteiger partial charge >= 0.3 is 0 Å². The van der Waals surface area contributed by atoms with Gasteiger partial charge in [-0.1, -0.05) is 25.1 Å². The van der Waals surface area contributed by atoms with E-state index >= 15 is 0 Å². The smallest absolute Gasteiger partial charge is 0.123 e. The predicted octanol–water partition coefficient (Wildman–Crippen LogP) is 2.74. The predicted molar refractivity (Wildman–Crippen MR) is 72.9 cm³/mol. The number of ether oxygens (including phenoxy) is 2. The van der Waals surface area contributed by atoms with Crippen LogP contribution in [0, 0.1) is 0 Å². The first-order chi connectivity index (χ1) is 8.90. The van der Waals surface area contributed by atoms with Crippen molar-refractivity contribution in [1.29, 1.82) is 0 Å². The van der Waals surface area contributed by atoms with Gasteiger partial charge in [0.1, 0.15) is 5.75 Å². The van der Waals surface area contributed by atoms with E-state index in [0.29, 0.717) is 6.10 Å². The third kappa shape index (κ3) is 4.00. The summed E-state index contributed by atoms with van der Waals surface area (Å²) in [5.41, 5.74) is 1.23. The molecule has 1 aromatic carbocycles. The average molecular weight is 249 g/mol. The van der Waals surface area contributed by atoms with Crippen LogP contribution in [0.5, 0.6) is 5.75 Å². The molecule has 0 amide bonds. The second-order valence-corrected chi connectivity index (χ2v) is 4.66. The van der Waals surface area contributed by atoms with Gasteiger partial charge in [-0.05, 0) is 25.5 Å². The molecule has 0 radical (unpaired) electrons. The van der Waals surface area contributed by atoms with Gasteiger partial charge in [0.25, 0.3) is 0 Å². The van der Waals surface area contributed by atoms with Crippen molar-refractivity contribution < 1.29 is 9.47 Å². The van der Waals surface area contributed by atoms with Crippen molar-refractivity contribution in [1.82, 2.24) is 5.32 Å². The molecule has 2 rings (SSSR count). The van der Waals surface area contributed by atoms with E-state index in [-0.39, 0.29) is 0 Å². The van der Waals surface area contributed by atoms with Crippen LogP contribution in [0.1, 0.15) is 31.7 Å². The Kier molecular flexibility index (Phi) is 5.49. The Morgan fingerprint density at radius 3 is 3.06 bits per heavy atom. The minimum absolute atomic E-state index is 0.408. The Labute approximate surface area is 109 Å². The topological polar surface area (TPSA) is 30.5 Å². The third-order valence-electron chi connectivity index (χ3n) is 3.26. The highest BCUT2D eigenvalue weighted by Gasteiger charge is 2.15. The first-order valence-corrected chi connectivity index (χ1v) is 6.93. The Morgan fingerprint density at radius 2 is 2.28 bits per heavy atom. The van der Waals surface area contributed by atoms with Crippen molar-refractivity contribution in [2.45, 2.75) is 38.8 Å². The summed E-state index contributed by atoms with van der Waals surface area (Å²) in [6.45, 7) is 5.62. The van der Waals surface area contributed by atoms with Crippen LogP contribution >= 0.6 is 0 Å². The van der Waals surface area contributed by atoms with Crippen LogP contribution in [0.3, 0.4) is 0 Å². The molecule has 1 N–H and O–H groups in total. The van der Waals surface area contributed by atoms with Crippen molar-refractivity contribution in [3.8, 4) is 5.75 Å². The first kappa shape index (κ1) is 13.4. The fourth-order valence-corrected chi connectivity index (χ4v) is 2.22. The summed E-state index contributed by atoms with van der Waals surface area (Å²) >= 11 is 0. The fraction of sp³-hybridized carbons (Fsp3) is 0.600. The molecule has 0 aliphatic carbocycles. The zero-order valence-electron chi connectivity index (χ0n) is 11.2.